The summed E-state index contributed by atoms with van der Waals surface area (Å²) in [5, 5.41) is 0. The molecule has 2 aliphatic carbocycles. The van der Waals surface area contributed by atoms with E-state index in [1.807, 2.05) is 0 Å². The third-order valence-corrected chi connectivity index (χ3v) is 4.37. The molecule has 4 heteroatoms. The zero-order valence-electron chi connectivity index (χ0n) is 11.4. The molecule has 2 aliphatic rings. The van der Waals surface area contributed by atoms with Crippen molar-refractivity contribution in [1.29, 1.82) is 0 Å². The summed E-state index contributed by atoms with van der Waals surface area (Å²) in [4.78, 5) is 14.3. The van der Waals surface area contributed by atoms with Gasteiger partial charge in [0, 0.05) is 25.0 Å². The van der Waals surface area contributed by atoms with E-state index in [-0.39, 0.29) is 12.4 Å². The molecule has 2 saturated carbocycles. The second kappa shape index (κ2) is 7.34. The maximum Gasteiger partial charge on any atom is 0.224 e. The van der Waals surface area contributed by atoms with Gasteiger partial charge in [0.2, 0.25) is 5.91 Å². The van der Waals surface area contributed by atoms with Crippen LogP contribution in [0.25, 0.3) is 0 Å². The van der Waals surface area contributed by atoms with Gasteiger partial charge in [-0.05, 0) is 44.4 Å². The topological polar surface area (TPSA) is 46.3 Å². The van der Waals surface area contributed by atoms with Crippen molar-refractivity contribution >= 4 is 18.3 Å². The molecule has 0 atom stereocenters. The van der Waals surface area contributed by atoms with E-state index in [1.165, 1.54) is 44.9 Å². The first-order chi connectivity index (χ1) is 8.26. The normalized spacial score (nSPS) is 27.4. The Labute approximate surface area is 117 Å². The molecule has 0 heterocycles. The number of nitrogens with two attached hydrogens (primary N) is 1. The van der Waals surface area contributed by atoms with Crippen LogP contribution in [0.2, 0.25) is 0 Å². The number of amides is 1. The highest BCUT2D eigenvalue weighted by atomic mass is 35.5. The predicted molar refractivity (Wildman–Crippen MR) is 76.8 cm³/mol. The number of hydrogen-bond acceptors (Lipinski definition) is 2. The molecule has 0 aromatic rings. The second-order valence-corrected chi connectivity index (χ2v) is 5.65. The van der Waals surface area contributed by atoms with Crippen molar-refractivity contribution < 1.29 is 4.79 Å². The number of carbonyl (C=O) groups is 1. The first kappa shape index (κ1) is 15.8. The van der Waals surface area contributed by atoms with Crippen molar-refractivity contribution in [3.63, 3.8) is 0 Å². The van der Waals surface area contributed by atoms with Gasteiger partial charge >= 0.3 is 0 Å². The lowest BCUT2D eigenvalue weighted by atomic mass is 9.83. The molecular weight excluding hydrogens is 248 g/mol. The first-order valence-electron chi connectivity index (χ1n) is 7.27. The fourth-order valence-electron chi connectivity index (χ4n) is 3.14. The average Bonchev–Trinajstić information content (AvgIpc) is 3.15. The Hall–Kier alpha value is -0.280. The van der Waals surface area contributed by atoms with Gasteiger partial charge in [-0.3, -0.25) is 4.79 Å². The van der Waals surface area contributed by atoms with Crippen LogP contribution in [0.1, 0.15) is 58.3 Å². The summed E-state index contributed by atoms with van der Waals surface area (Å²) in [6.07, 6.45) is 9.29. The summed E-state index contributed by atoms with van der Waals surface area (Å²) in [5.41, 5.74) is 5.51. The van der Waals surface area contributed by atoms with Crippen LogP contribution in [0, 0.1) is 5.92 Å². The average molecular weight is 275 g/mol. The summed E-state index contributed by atoms with van der Waals surface area (Å²) >= 11 is 0. The summed E-state index contributed by atoms with van der Waals surface area (Å²) in [6.45, 7) is 2.77. The minimum Gasteiger partial charge on any atom is -0.337 e. The molecule has 0 aromatic carbocycles. The molecule has 106 valence electrons. The maximum atomic E-state index is 12.1. The van der Waals surface area contributed by atoms with Crippen molar-refractivity contribution in [2.24, 2.45) is 11.7 Å². The third kappa shape index (κ3) is 3.86. The molecule has 0 aromatic heterocycles. The highest BCUT2D eigenvalue weighted by Crippen LogP contribution is 2.36. The van der Waals surface area contributed by atoms with Gasteiger partial charge in [0.05, 0.1) is 0 Å². The maximum absolute atomic E-state index is 12.1. The molecule has 0 radical (unpaired) electrons. The number of carbonyl (C=O) groups excluding carboxylic acids is 1. The van der Waals surface area contributed by atoms with Crippen LogP contribution in [-0.4, -0.2) is 29.4 Å². The van der Waals surface area contributed by atoms with E-state index in [2.05, 4.69) is 11.8 Å². The van der Waals surface area contributed by atoms with Gasteiger partial charge in [0.1, 0.15) is 0 Å². The van der Waals surface area contributed by atoms with Crippen molar-refractivity contribution in [2.45, 2.75) is 70.4 Å². The minimum atomic E-state index is 0. The summed E-state index contributed by atoms with van der Waals surface area (Å²) < 4.78 is 0. The molecule has 0 bridgehead atoms. The smallest absolute Gasteiger partial charge is 0.224 e. The van der Waals surface area contributed by atoms with Crippen molar-refractivity contribution in [2.75, 3.05) is 6.54 Å². The van der Waals surface area contributed by atoms with E-state index in [1.54, 1.807) is 0 Å². The molecule has 2 rings (SSSR count). The molecule has 3 nitrogen and oxygen atoms in total. The summed E-state index contributed by atoms with van der Waals surface area (Å²) in [7, 11) is 0. The number of hydrogen-bond donors (Lipinski definition) is 1. The Morgan fingerprint density at radius 2 is 1.61 bits per heavy atom. The van der Waals surface area contributed by atoms with E-state index < -0.39 is 0 Å². The van der Waals surface area contributed by atoms with Crippen molar-refractivity contribution in [3.05, 3.63) is 0 Å². The quantitative estimate of drug-likeness (QED) is 0.838. The molecule has 0 saturated heterocycles. The van der Waals surface area contributed by atoms with E-state index >= 15 is 0 Å². The van der Waals surface area contributed by atoms with E-state index in [9.17, 15) is 4.79 Å². The van der Waals surface area contributed by atoms with Crippen LogP contribution < -0.4 is 5.73 Å². The first-order valence-corrected chi connectivity index (χ1v) is 7.27. The molecule has 2 fully saturated rings. The number of nitrogens with zero attached hydrogens (tertiary/aromatic N) is 1. The largest absolute Gasteiger partial charge is 0.337 e. The van der Waals surface area contributed by atoms with Gasteiger partial charge in [-0.15, -0.1) is 12.4 Å². The van der Waals surface area contributed by atoms with Crippen LogP contribution >= 0.6 is 12.4 Å². The van der Waals surface area contributed by atoms with Crippen LogP contribution in [-0.2, 0) is 4.79 Å². The molecule has 0 unspecified atom stereocenters. The molecule has 0 aliphatic heterocycles. The lowest BCUT2D eigenvalue weighted by Crippen LogP contribution is -2.44. The third-order valence-electron chi connectivity index (χ3n) is 4.37. The van der Waals surface area contributed by atoms with Gasteiger partial charge in [0.15, 0.2) is 0 Å². The second-order valence-electron chi connectivity index (χ2n) is 5.65. The zero-order valence-corrected chi connectivity index (χ0v) is 12.3. The standard InChI is InChI=1S/C14H26N2O.ClH/c1-2-11-3-5-12(6-4-11)16(13-7-8-13)14(17)9-10-15;/h11-13H,2-10,15H2,1H3;1H. The Bertz CT molecular complexity index is 261. The molecule has 18 heavy (non-hydrogen) atoms. The number of rotatable bonds is 5. The van der Waals surface area contributed by atoms with Crippen molar-refractivity contribution in [3.8, 4) is 0 Å². The van der Waals surface area contributed by atoms with Gasteiger partial charge in [-0.1, -0.05) is 13.3 Å². The van der Waals surface area contributed by atoms with Crippen LogP contribution in [0.4, 0.5) is 0 Å². The van der Waals surface area contributed by atoms with Crippen LogP contribution in [0.15, 0.2) is 0 Å². The molecule has 1 amide bonds. The Morgan fingerprint density at radius 3 is 2.00 bits per heavy atom. The lowest BCUT2D eigenvalue weighted by Gasteiger charge is -2.37. The van der Waals surface area contributed by atoms with Gasteiger partial charge in [0.25, 0.3) is 0 Å². The van der Waals surface area contributed by atoms with Gasteiger partial charge < -0.3 is 10.6 Å². The van der Waals surface area contributed by atoms with Gasteiger partial charge in [-0.25, -0.2) is 0 Å². The van der Waals surface area contributed by atoms with E-state index in [0.29, 0.717) is 31.0 Å². The monoisotopic (exact) mass is 274 g/mol. The minimum absolute atomic E-state index is 0. The van der Waals surface area contributed by atoms with Crippen LogP contribution in [0.3, 0.4) is 0 Å². The van der Waals surface area contributed by atoms with E-state index in [0.717, 1.165) is 5.92 Å². The summed E-state index contributed by atoms with van der Waals surface area (Å²) in [5.74, 6) is 1.20. The number of halogens is 1. The van der Waals surface area contributed by atoms with E-state index in [4.69, 9.17) is 5.73 Å². The highest BCUT2D eigenvalue weighted by molar-refractivity contribution is 5.85. The predicted octanol–water partition coefficient (Wildman–Crippen LogP) is 2.72. The van der Waals surface area contributed by atoms with Crippen molar-refractivity contribution in [1.82, 2.24) is 4.90 Å². The molecule has 0 spiro atoms. The highest BCUT2D eigenvalue weighted by Gasteiger charge is 2.37. The Kier molecular flexibility index (Phi) is 6.44. The fraction of sp³-hybridized carbons (Fsp3) is 0.929. The van der Waals surface area contributed by atoms with Crippen LogP contribution in [0.5, 0.6) is 0 Å². The Morgan fingerprint density at radius 1 is 1.11 bits per heavy atom. The summed E-state index contributed by atoms with van der Waals surface area (Å²) in [6, 6.07) is 1.07. The lowest BCUT2D eigenvalue weighted by molar-refractivity contribution is -0.134. The fourth-order valence-corrected chi connectivity index (χ4v) is 3.14. The molecule has 2 N–H and O–H groups in total. The SMILES string of the molecule is CCC1CCC(N(C(=O)CCN)C2CC2)CC1.Cl. The molecular formula is C14H27ClN2O. The zero-order chi connectivity index (χ0) is 12.3. The Balaban J connectivity index is 0.00000162. The van der Waals surface area contributed by atoms with Gasteiger partial charge in [-0.2, -0.15) is 0 Å².